The SMILES string of the molecule is Cc1ccc(C(C)C)c(OCCN2C(=O)S/C(=C\c3cc(C)n(-c4ccccc4F)c3C)C2=O)c1. The van der Waals surface area contributed by atoms with Crippen molar-refractivity contribution in [2.24, 2.45) is 0 Å². The van der Waals surface area contributed by atoms with E-state index in [0.29, 0.717) is 16.5 Å². The summed E-state index contributed by atoms with van der Waals surface area (Å²) in [6.07, 6.45) is 1.71. The van der Waals surface area contributed by atoms with Gasteiger partial charge in [0.05, 0.1) is 17.1 Å². The molecule has 0 spiro atoms. The maximum absolute atomic E-state index is 14.4. The molecule has 7 heteroatoms. The molecule has 1 aliphatic rings. The van der Waals surface area contributed by atoms with E-state index in [1.54, 1.807) is 24.3 Å². The summed E-state index contributed by atoms with van der Waals surface area (Å²) in [6.45, 7) is 10.3. The number of ether oxygens (including phenoxy) is 1. The molecule has 0 N–H and O–H groups in total. The normalized spacial score (nSPS) is 15.1. The van der Waals surface area contributed by atoms with Crippen LogP contribution in [0.5, 0.6) is 5.75 Å². The molecule has 3 aromatic rings. The molecular weight excluding hydrogens is 463 g/mol. The first-order valence-electron chi connectivity index (χ1n) is 11.6. The van der Waals surface area contributed by atoms with Crippen molar-refractivity contribution in [1.29, 1.82) is 0 Å². The van der Waals surface area contributed by atoms with Crippen LogP contribution >= 0.6 is 11.8 Å². The Balaban J connectivity index is 1.50. The van der Waals surface area contributed by atoms with Gasteiger partial charge in [-0.1, -0.05) is 38.1 Å². The number of nitrogens with zero attached hydrogens (tertiary/aromatic N) is 2. The molecule has 4 rings (SSSR count). The largest absolute Gasteiger partial charge is 0.491 e. The van der Waals surface area contributed by atoms with E-state index in [2.05, 4.69) is 19.9 Å². The van der Waals surface area contributed by atoms with Crippen LogP contribution in [0.1, 0.15) is 47.8 Å². The van der Waals surface area contributed by atoms with Gasteiger partial charge in [-0.3, -0.25) is 14.5 Å². The second-order valence-electron chi connectivity index (χ2n) is 8.99. The third-order valence-corrected chi connectivity index (χ3v) is 6.99. The highest BCUT2D eigenvalue weighted by atomic mass is 32.2. The standard InChI is InChI=1S/C28H29FN2O3S/c1-17(2)22-11-10-18(3)14-25(22)34-13-12-30-27(32)26(35-28(30)33)16-21-15-19(4)31(20(21)5)24-9-7-6-8-23(24)29/h6-11,14-17H,12-13H2,1-5H3/b26-16-. The van der Waals surface area contributed by atoms with Crippen molar-refractivity contribution < 1.29 is 18.7 Å². The van der Waals surface area contributed by atoms with E-state index in [9.17, 15) is 14.0 Å². The fourth-order valence-electron chi connectivity index (χ4n) is 4.26. The van der Waals surface area contributed by atoms with Crippen molar-refractivity contribution in [2.75, 3.05) is 13.2 Å². The third-order valence-electron chi connectivity index (χ3n) is 6.09. The first-order chi connectivity index (χ1) is 16.7. The zero-order chi connectivity index (χ0) is 25.3. The summed E-state index contributed by atoms with van der Waals surface area (Å²) in [4.78, 5) is 27.2. The van der Waals surface area contributed by atoms with Gasteiger partial charge in [-0.15, -0.1) is 0 Å². The predicted molar refractivity (Wildman–Crippen MR) is 139 cm³/mol. The van der Waals surface area contributed by atoms with Crippen LogP contribution in [0, 0.1) is 26.6 Å². The van der Waals surface area contributed by atoms with Gasteiger partial charge in [0.25, 0.3) is 11.1 Å². The summed E-state index contributed by atoms with van der Waals surface area (Å²) < 4.78 is 22.2. The highest BCUT2D eigenvalue weighted by molar-refractivity contribution is 8.18. The number of halogens is 1. The molecule has 5 nitrogen and oxygen atoms in total. The molecule has 2 aromatic carbocycles. The number of aromatic nitrogens is 1. The molecule has 182 valence electrons. The number of aryl methyl sites for hydroxylation is 2. The van der Waals surface area contributed by atoms with Gasteiger partial charge in [0.15, 0.2) is 0 Å². The Bertz CT molecular complexity index is 1330. The Morgan fingerprint density at radius 2 is 1.80 bits per heavy atom. The molecular formula is C28H29FN2O3S. The lowest BCUT2D eigenvalue weighted by molar-refractivity contribution is -0.123. The van der Waals surface area contributed by atoms with Crippen LogP contribution in [0.4, 0.5) is 9.18 Å². The first-order valence-corrected chi connectivity index (χ1v) is 12.4. The molecule has 2 heterocycles. The zero-order valence-corrected chi connectivity index (χ0v) is 21.4. The Kier molecular flexibility index (Phi) is 7.17. The summed E-state index contributed by atoms with van der Waals surface area (Å²) >= 11 is 0.916. The van der Waals surface area contributed by atoms with Gasteiger partial charge >= 0.3 is 0 Å². The van der Waals surface area contributed by atoms with Crippen molar-refractivity contribution in [3.63, 3.8) is 0 Å². The Morgan fingerprint density at radius 3 is 2.51 bits per heavy atom. The van der Waals surface area contributed by atoms with Crippen LogP contribution in [-0.4, -0.2) is 33.8 Å². The van der Waals surface area contributed by atoms with Gasteiger partial charge in [-0.05, 0) is 85.5 Å². The number of rotatable bonds is 7. The van der Waals surface area contributed by atoms with E-state index in [0.717, 1.165) is 45.6 Å². The van der Waals surface area contributed by atoms with Crippen LogP contribution in [0.2, 0.25) is 0 Å². The molecule has 0 unspecified atom stereocenters. The molecule has 1 fully saturated rings. The lowest BCUT2D eigenvalue weighted by Crippen LogP contribution is -2.32. The summed E-state index contributed by atoms with van der Waals surface area (Å²) in [5, 5.41) is -0.318. The molecule has 2 amide bonds. The van der Waals surface area contributed by atoms with Crippen molar-refractivity contribution in [1.82, 2.24) is 9.47 Å². The van der Waals surface area contributed by atoms with E-state index in [1.807, 2.05) is 43.5 Å². The van der Waals surface area contributed by atoms with Crippen LogP contribution in [0.3, 0.4) is 0 Å². The van der Waals surface area contributed by atoms with Gasteiger partial charge in [-0.25, -0.2) is 4.39 Å². The molecule has 1 aliphatic heterocycles. The molecule has 1 aromatic heterocycles. The number of carbonyl (C=O) groups is 2. The van der Waals surface area contributed by atoms with Gasteiger partial charge < -0.3 is 9.30 Å². The average molecular weight is 493 g/mol. The minimum atomic E-state index is -0.340. The maximum atomic E-state index is 14.4. The molecule has 0 radical (unpaired) electrons. The minimum absolute atomic E-state index is 0.168. The number of thioether (sulfide) groups is 1. The number of hydrogen-bond acceptors (Lipinski definition) is 4. The predicted octanol–water partition coefficient (Wildman–Crippen LogP) is 6.78. The molecule has 0 saturated carbocycles. The van der Waals surface area contributed by atoms with Crippen molar-refractivity contribution in [3.8, 4) is 11.4 Å². The topological polar surface area (TPSA) is 51.5 Å². The van der Waals surface area contributed by atoms with Crippen molar-refractivity contribution in [2.45, 2.75) is 40.5 Å². The Hall–Kier alpha value is -3.32. The summed E-state index contributed by atoms with van der Waals surface area (Å²) in [7, 11) is 0. The molecule has 0 atom stereocenters. The third kappa shape index (κ3) is 5.05. The summed E-state index contributed by atoms with van der Waals surface area (Å²) in [5.41, 5.74) is 5.04. The van der Waals surface area contributed by atoms with Gasteiger partial charge in [0, 0.05) is 11.4 Å². The second kappa shape index (κ2) is 10.1. The number of benzene rings is 2. The second-order valence-corrected chi connectivity index (χ2v) is 9.98. The number of hydrogen-bond donors (Lipinski definition) is 0. The minimum Gasteiger partial charge on any atom is -0.491 e. The Labute approximate surface area is 209 Å². The smallest absolute Gasteiger partial charge is 0.293 e. The lowest BCUT2D eigenvalue weighted by Gasteiger charge is -2.17. The van der Waals surface area contributed by atoms with Gasteiger partial charge in [0.1, 0.15) is 18.2 Å². The molecule has 0 aliphatic carbocycles. The quantitative estimate of drug-likeness (QED) is 0.341. The Morgan fingerprint density at radius 1 is 1.06 bits per heavy atom. The van der Waals surface area contributed by atoms with Crippen molar-refractivity contribution in [3.05, 3.63) is 87.3 Å². The zero-order valence-electron chi connectivity index (χ0n) is 20.6. The molecule has 1 saturated heterocycles. The van der Waals surface area contributed by atoms with Crippen molar-refractivity contribution >= 4 is 29.0 Å². The highest BCUT2D eigenvalue weighted by Crippen LogP contribution is 2.34. The number of carbonyl (C=O) groups excluding carboxylic acids is 2. The molecule has 35 heavy (non-hydrogen) atoms. The summed E-state index contributed by atoms with van der Waals surface area (Å²) in [5.74, 6) is 0.417. The van der Waals surface area contributed by atoms with E-state index in [-0.39, 0.29) is 30.1 Å². The maximum Gasteiger partial charge on any atom is 0.293 e. The number of para-hydroxylation sites is 1. The van der Waals surface area contributed by atoms with E-state index in [4.69, 9.17) is 4.74 Å². The van der Waals surface area contributed by atoms with Crippen LogP contribution in [0.25, 0.3) is 11.8 Å². The summed E-state index contributed by atoms with van der Waals surface area (Å²) in [6, 6.07) is 14.5. The lowest BCUT2D eigenvalue weighted by atomic mass is 10.0. The fraction of sp³-hybridized carbons (Fsp3) is 0.286. The van der Waals surface area contributed by atoms with Crippen LogP contribution in [-0.2, 0) is 4.79 Å². The first kappa shape index (κ1) is 24.8. The van der Waals surface area contributed by atoms with Crippen LogP contribution < -0.4 is 4.74 Å². The average Bonchev–Trinajstić information content (AvgIpc) is 3.23. The molecule has 0 bridgehead atoms. The van der Waals surface area contributed by atoms with E-state index < -0.39 is 0 Å². The fourth-order valence-corrected chi connectivity index (χ4v) is 5.12. The number of imide groups is 1. The van der Waals surface area contributed by atoms with E-state index in [1.165, 1.54) is 11.0 Å². The highest BCUT2D eigenvalue weighted by Gasteiger charge is 2.35. The van der Waals surface area contributed by atoms with Gasteiger partial charge in [-0.2, -0.15) is 0 Å². The van der Waals surface area contributed by atoms with Crippen LogP contribution in [0.15, 0.2) is 53.4 Å². The van der Waals surface area contributed by atoms with E-state index >= 15 is 0 Å². The number of amides is 2. The van der Waals surface area contributed by atoms with Gasteiger partial charge in [0.2, 0.25) is 0 Å². The monoisotopic (exact) mass is 492 g/mol.